The van der Waals surface area contributed by atoms with E-state index >= 15 is 0 Å². The molecule has 1 aliphatic rings. The van der Waals surface area contributed by atoms with E-state index in [2.05, 4.69) is 36.1 Å². The fourth-order valence-corrected chi connectivity index (χ4v) is 4.38. The van der Waals surface area contributed by atoms with Crippen LogP contribution < -0.4 is 26.0 Å². The standard InChI is InChI=1S/C26H29ClFN7O3/c1-29-22(36)14-35-9-7-15-11-20(21(38-3)12-16(15)8-10-35)32-26-31-13-18(27)24(34-26)33-23-17(25(37)30-2)5-4-6-19(23)28/h4-6,11-13H,7-10,14H2,1-3H3,(H,29,36)(H,30,37)(H2,31,32,33,34). The third-order valence-electron chi connectivity index (χ3n) is 6.28. The van der Waals surface area contributed by atoms with Crippen molar-refractivity contribution in [1.82, 2.24) is 25.5 Å². The first-order valence-electron chi connectivity index (χ1n) is 12.0. The zero-order chi connectivity index (χ0) is 27.2. The molecule has 0 atom stereocenters. The number of benzene rings is 2. The van der Waals surface area contributed by atoms with Crippen molar-refractivity contribution in [3.8, 4) is 5.75 Å². The highest BCUT2D eigenvalue weighted by Crippen LogP contribution is 2.34. The predicted octanol–water partition coefficient (Wildman–Crippen LogP) is 3.27. The van der Waals surface area contributed by atoms with E-state index in [1.807, 2.05) is 12.1 Å². The number of ether oxygens (including phenoxy) is 1. The van der Waals surface area contributed by atoms with Crippen molar-refractivity contribution in [2.45, 2.75) is 12.8 Å². The van der Waals surface area contributed by atoms with E-state index in [-0.39, 0.29) is 33.9 Å². The van der Waals surface area contributed by atoms with Crippen molar-refractivity contribution in [3.63, 3.8) is 0 Å². The molecular formula is C26H29ClFN7O3. The molecule has 1 aliphatic heterocycles. The largest absolute Gasteiger partial charge is 0.495 e. The van der Waals surface area contributed by atoms with Crippen LogP contribution in [0.15, 0.2) is 36.5 Å². The highest BCUT2D eigenvalue weighted by atomic mass is 35.5. The molecule has 4 rings (SSSR count). The summed E-state index contributed by atoms with van der Waals surface area (Å²) >= 11 is 6.30. The van der Waals surface area contributed by atoms with Gasteiger partial charge in [-0.2, -0.15) is 4.98 Å². The number of para-hydroxylation sites is 1. The number of nitrogens with zero attached hydrogens (tertiary/aromatic N) is 3. The topological polar surface area (TPSA) is 121 Å². The fourth-order valence-electron chi connectivity index (χ4n) is 4.24. The van der Waals surface area contributed by atoms with Gasteiger partial charge >= 0.3 is 0 Å². The Morgan fingerprint density at radius 1 is 1.11 bits per heavy atom. The second-order valence-electron chi connectivity index (χ2n) is 8.65. The molecule has 0 bridgehead atoms. The van der Waals surface area contributed by atoms with Crippen molar-refractivity contribution in [1.29, 1.82) is 0 Å². The van der Waals surface area contributed by atoms with Crippen LogP contribution in [0.1, 0.15) is 21.5 Å². The number of halogens is 2. The number of hydrogen-bond donors (Lipinski definition) is 4. The van der Waals surface area contributed by atoms with E-state index in [0.29, 0.717) is 18.0 Å². The van der Waals surface area contributed by atoms with Crippen molar-refractivity contribution >= 4 is 46.6 Å². The molecule has 2 heterocycles. The van der Waals surface area contributed by atoms with Gasteiger partial charge in [-0.15, -0.1) is 0 Å². The van der Waals surface area contributed by atoms with Gasteiger partial charge in [0.15, 0.2) is 5.82 Å². The molecule has 4 N–H and O–H groups in total. The van der Waals surface area contributed by atoms with E-state index in [4.69, 9.17) is 16.3 Å². The maximum atomic E-state index is 14.6. The van der Waals surface area contributed by atoms with Gasteiger partial charge in [0.25, 0.3) is 5.91 Å². The summed E-state index contributed by atoms with van der Waals surface area (Å²) in [6, 6.07) is 8.14. The number of hydrogen-bond acceptors (Lipinski definition) is 8. The van der Waals surface area contributed by atoms with E-state index in [9.17, 15) is 14.0 Å². The van der Waals surface area contributed by atoms with Crippen LogP contribution in [0.4, 0.5) is 27.5 Å². The van der Waals surface area contributed by atoms with E-state index < -0.39 is 11.7 Å². The van der Waals surface area contributed by atoms with Crippen LogP contribution in [0, 0.1) is 5.82 Å². The summed E-state index contributed by atoms with van der Waals surface area (Å²) in [5, 5.41) is 11.3. The first-order valence-corrected chi connectivity index (χ1v) is 12.4. The van der Waals surface area contributed by atoms with E-state index in [0.717, 1.165) is 37.1 Å². The Kier molecular flexibility index (Phi) is 8.59. The van der Waals surface area contributed by atoms with E-state index in [1.165, 1.54) is 31.4 Å². The van der Waals surface area contributed by atoms with Gasteiger partial charge in [0.05, 0.1) is 36.8 Å². The monoisotopic (exact) mass is 541 g/mol. The van der Waals surface area contributed by atoms with Gasteiger partial charge in [0.1, 0.15) is 16.6 Å². The summed E-state index contributed by atoms with van der Waals surface area (Å²) in [5.41, 5.74) is 2.97. The molecular weight excluding hydrogens is 513 g/mol. The molecule has 0 saturated carbocycles. The molecule has 1 aromatic heterocycles. The molecule has 0 saturated heterocycles. The lowest BCUT2D eigenvalue weighted by Crippen LogP contribution is -2.37. The van der Waals surface area contributed by atoms with Gasteiger partial charge < -0.3 is 26.0 Å². The summed E-state index contributed by atoms with van der Waals surface area (Å²) in [6.07, 6.45) is 2.92. The van der Waals surface area contributed by atoms with Crippen LogP contribution in [0.25, 0.3) is 0 Å². The second kappa shape index (κ2) is 12.1. The molecule has 0 spiro atoms. The van der Waals surface area contributed by atoms with Crippen molar-refractivity contribution in [2.24, 2.45) is 0 Å². The SMILES string of the molecule is CNC(=O)CN1CCc2cc(Nc3ncc(Cl)c(Nc4c(F)cccc4C(=O)NC)n3)c(OC)cc2CC1. The Hall–Kier alpha value is -3.96. The minimum absolute atomic E-state index is 0.0157. The lowest BCUT2D eigenvalue weighted by atomic mass is 10.0. The van der Waals surface area contributed by atoms with Crippen LogP contribution in [0.5, 0.6) is 5.75 Å². The molecule has 0 unspecified atom stereocenters. The fraction of sp³-hybridized carbons (Fsp3) is 0.308. The Morgan fingerprint density at radius 2 is 1.84 bits per heavy atom. The van der Waals surface area contributed by atoms with Crippen LogP contribution in [0.2, 0.25) is 5.02 Å². The molecule has 0 fully saturated rings. The summed E-state index contributed by atoms with van der Waals surface area (Å²) in [7, 11) is 4.68. The zero-order valence-corrected chi connectivity index (χ0v) is 22.1. The van der Waals surface area contributed by atoms with Crippen LogP contribution in [0.3, 0.4) is 0 Å². The highest BCUT2D eigenvalue weighted by molar-refractivity contribution is 6.33. The highest BCUT2D eigenvalue weighted by Gasteiger charge is 2.20. The average molecular weight is 542 g/mol. The van der Waals surface area contributed by atoms with Crippen LogP contribution in [-0.4, -0.2) is 67.5 Å². The number of likely N-dealkylation sites (N-methyl/N-ethyl adjacent to an activating group) is 1. The molecule has 0 radical (unpaired) electrons. The van der Waals surface area contributed by atoms with Crippen LogP contribution >= 0.6 is 11.6 Å². The smallest absolute Gasteiger partial charge is 0.253 e. The Labute approximate surface area is 224 Å². The number of methoxy groups -OCH3 is 1. The molecule has 200 valence electrons. The first-order chi connectivity index (χ1) is 18.3. The molecule has 10 nitrogen and oxygen atoms in total. The summed E-state index contributed by atoms with van der Waals surface area (Å²) in [5.74, 6) is -0.182. The molecule has 3 aromatic rings. The van der Waals surface area contributed by atoms with Crippen molar-refractivity contribution in [2.75, 3.05) is 51.5 Å². The number of amides is 2. The average Bonchev–Trinajstić information content (AvgIpc) is 3.12. The Morgan fingerprint density at radius 3 is 2.53 bits per heavy atom. The second-order valence-corrected chi connectivity index (χ2v) is 9.06. The van der Waals surface area contributed by atoms with Crippen molar-refractivity contribution < 1.29 is 18.7 Å². The Balaban J connectivity index is 1.59. The molecule has 12 heteroatoms. The minimum atomic E-state index is -0.631. The van der Waals surface area contributed by atoms with Gasteiger partial charge in [0.2, 0.25) is 11.9 Å². The minimum Gasteiger partial charge on any atom is -0.495 e. The maximum absolute atomic E-state index is 14.6. The number of anilines is 4. The lowest BCUT2D eigenvalue weighted by molar-refractivity contribution is -0.121. The quantitative estimate of drug-likeness (QED) is 0.343. The third kappa shape index (κ3) is 6.12. The normalized spacial score (nSPS) is 13.2. The van der Waals surface area contributed by atoms with Gasteiger partial charge in [-0.3, -0.25) is 14.5 Å². The summed E-state index contributed by atoms with van der Waals surface area (Å²) in [4.78, 5) is 34.9. The van der Waals surface area contributed by atoms with Gasteiger partial charge in [-0.25, -0.2) is 9.37 Å². The molecule has 2 aromatic carbocycles. The zero-order valence-electron chi connectivity index (χ0n) is 21.3. The molecule has 38 heavy (non-hydrogen) atoms. The number of nitrogens with one attached hydrogen (secondary N) is 4. The Bertz CT molecular complexity index is 1350. The molecule has 2 amide bonds. The van der Waals surface area contributed by atoms with Gasteiger partial charge in [-0.1, -0.05) is 17.7 Å². The third-order valence-corrected chi connectivity index (χ3v) is 6.56. The van der Waals surface area contributed by atoms with Crippen molar-refractivity contribution in [3.05, 3.63) is 64.1 Å². The number of aromatic nitrogens is 2. The number of carbonyl (C=O) groups excluding carboxylic acids is 2. The van der Waals surface area contributed by atoms with Gasteiger partial charge in [-0.05, 0) is 48.2 Å². The summed E-state index contributed by atoms with van der Waals surface area (Å²) < 4.78 is 20.3. The lowest BCUT2D eigenvalue weighted by Gasteiger charge is -2.18. The predicted molar refractivity (Wildman–Crippen MR) is 144 cm³/mol. The number of fused-ring (bicyclic) bond motifs is 1. The first kappa shape index (κ1) is 27.1. The number of rotatable bonds is 8. The number of carbonyl (C=O) groups is 2. The summed E-state index contributed by atoms with van der Waals surface area (Å²) in [6.45, 7) is 1.86. The van der Waals surface area contributed by atoms with Gasteiger partial charge in [0, 0.05) is 27.2 Å². The molecule has 0 aliphatic carbocycles. The van der Waals surface area contributed by atoms with E-state index in [1.54, 1.807) is 14.2 Å². The maximum Gasteiger partial charge on any atom is 0.253 e. The van der Waals surface area contributed by atoms with Crippen LogP contribution in [-0.2, 0) is 17.6 Å².